The predicted octanol–water partition coefficient (Wildman–Crippen LogP) is 2.84. The van der Waals surface area contributed by atoms with Crippen LogP contribution < -0.4 is 5.32 Å². The average molecular weight is 253 g/mol. The molecule has 2 N–H and O–H groups in total. The maximum absolute atomic E-state index is 4.60. The fraction of sp³-hybridized carbons (Fsp3) is 0.214. The van der Waals surface area contributed by atoms with Crippen LogP contribution in [0.4, 0.5) is 5.95 Å². The Morgan fingerprint density at radius 1 is 1.16 bits per heavy atom. The molecule has 0 aliphatic carbocycles. The Labute approximate surface area is 111 Å². The topological polar surface area (TPSA) is 66.5 Å². The zero-order chi connectivity index (χ0) is 13.1. The van der Waals surface area contributed by atoms with Gasteiger partial charge < -0.3 is 5.32 Å². The van der Waals surface area contributed by atoms with E-state index in [-0.39, 0.29) is 0 Å². The Morgan fingerprint density at radius 3 is 2.79 bits per heavy atom. The van der Waals surface area contributed by atoms with E-state index in [1.807, 2.05) is 30.3 Å². The van der Waals surface area contributed by atoms with Crippen LogP contribution in [-0.2, 0) is 0 Å². The molecule has 0 spiro atoms. The lowest BCUT2D eigenvalue weighted by Crippen LogP contribution is -2.05. The van der Waals surface area contributed by atoms with Crippen LogP contribution in [0.15, 0.2) is 36.5 Å². The van der Waals surface area contributed by atoms with Gasteiger partial charge in [0.2, 0.25) is 5.95 Å². The van der Waals surface area contributed by atoms with Crippen molar-refractivity contribution in [3.8, 4) is 11.3 Å². The quantitative estimate of drug-likeness (QED) is 0.750. The molecule has 0 unspecified atom stereocenters. The third-order valence-corrected chi connectivity index (χ3v) is 2.89. The van der Waals surface area contributed by atoms with E-state index in [0.717, 1.165) is 35.3 Å². The Morgan fingerprint density at radius 2 is 2.00 bits per heavy atom. The summed E-state index contributed by atoms with van der Waals surface area (Å²) in [4.78, 5) is 9.02. The normalized spacial score (nSPS) is 10.8. The fourth-order valence-corrected chi connectivity index (χ4v) is 1.97. The van der Waals surface area contributed by atoms with Gasteiger partial charge in [0.15, 0.2) is 5.65 Å². The first-order valence-electron chi connectivity index (χ1n) is 6.39. The first-order valence-corrected chi connectivity index (χ1v) is 6.39. The highest BCUT2D eigenvalue weighted by molar-refractivity contribution is 5.90. The summed E-state index contributed by atoms with van der Waals surface area (Å²) in [6.45, 7) is 2.97. The van der Waals surface area contributed by atoms with Crippen molar-refractivity contribution in [2.24, 2.45) is 0 Å². The average Bonchev–Trinajstić information content (AvgIpc) is 2.93. The number of nitrogens with one attached hydrogen (secondary N) is 2. The van der Waals surface area contributed by atoms with Crippen LogP contribution in [0.25, 0.3) is 22.3 Å². The van der Waals surface area contributed by atoms with E-state index in [1.165, 1.54) is 0 Å². The van der Waals surface area contributed by atoms with Crippen molar-refractivity contribution < 1.29 is 0 Å². The van der Waals surface area contributed by atoms with Crippen molar-refractivity contribution >= 4 is 17.0 Å². The summed E-state index contributed by atoms with van der Waals surface area (Å²) in [5.74, 6) is 0.637. The molecule has 3 aromatic rings. The molecule has 0 aliphatic rings. The second-order valence-electron chi connectivity index (χ2n) is 4.32. The summed E-state index contributed by atoms with van der Waals surface area (Å²) in [5, 5.41) is 11.1. The van der Waals surface area contributed by atoms with Crippen LogP contribution in [0.5, 0.6) is 0 Å². The van der Waals surface area contributed by atoms with Gasteiger partial charge in [0.1, 0.15) is 0 Å². The van der Waals surface area contributed by atoms with E-state index in [0.29, 0.717) is 5.95 Å². The van der Waals surface area contributed by atoms with Gasteiger partial charge in [0.25, 0.3) is 0 Å². The number of hydrogen-bond acceptors (Lipinski definition) is 4. The maximum atomic E-state index is 4.60. The van der Waals surface area contributed by atoms with Gasteiger partial charge in [0.05, 0.1) is 17.3 Å². The molecule has 2 heterocycles. The van der Waals surface area contributed by atoms with Crippen LogP contribution in [0, 0.1) is 0 Å². The summed E-state index contributed by atoms with van der Waals surface area (Å²) in [6, 6.07) is 10.1. The molecule has 0 fully saturated rings. The molecule has 96 valence electrons. The minimum atomic E-state index is 0.637. The first-order chi connectivity index (χ1) is 9.38. The summed E-state index contributed by atoms with van der Waals surface area (Å²) in [6.07, 6.45) is 2.80. The van der Waals surface area contributed by atoms with Crippen molar-refractivity contribution in [2.45, 2.75) is 13.3 Å². The van der Waals surface area contributed by atoms with Gasteiger partial charge in [0, 0.05) is 12.1 Å². The van der Waals surface area contributed by atoms with Crippen LogP contribution in [-0.4, -0.2) is 26.7 Å². The molecule has 1 aromatic carbocycles. The fourth-order valence-electron chi connectivity index (χ4n) is 1.97. The van der Waals surface area contributed by atoms with Crippen molar-refractivity contribution in [3.63, 3.8) is 0 Å². The van der Waals surface area contributed by atoms with E-state index in [9.17, 15) is 0 Å². The molecule has 5 nitrogen and oxygen atoms in total. The zero-order valence-corrected chi connectivity index (χ0v) is 10.7. The minimum absolute atomic E-state index is 0.637. The van der Waals surface area contributed by atoms with Gasteiger partial charge >= 0.3 is 0 Å². The lowest BCUT2D eigenvalue weighted by atomic mass is 10.1. The van der Waals surface area contributed by atoms with Crippen LogP contribution in [0.2, 0.25) is 0 Å². The standard InChI is InChI=1S/C14H15N5/c1-2-8-15-14-17-12(10-6-4-3-5-7-10)11-9-16-19-13(11)18-14/h3-7,9H,2,8H2,1H3,(H2,15,16,17,18,19). The Bertz CT molecular complexity index is 675. The molecule has 5 heteroatoms. The predicted molar refractivity (Wildman–Crippen MR) is 75.9 cm³/mol. The van der Waals surface area contributed by atoms with E-state index >= 15 is 0 Å². The van der Waals surface area contributed by atoms with E-state index in [2.05, 4.69) is 32.4 Å². The SMILES string of the molecule is CCCNc1nc(-c2ccccc2)c2cn[nH]c2n1. The number of aromatic nitrogens is 4. The lowest BCUT2D eigenvalue weighted by molar-refractivity contribution is 0.955. The molecule has 3 rings (SSSR count). The summed E-state index contributed by atoms with van der Waals surface area (Å²) >= 11 is 0. The Hall–Kier alpha value is -2.43. The zero-order valence-electron chi connectivity index (χ0n) is 10.7. The van der Waals surface area contributed by atoms with Gasteiger partial charge in [-0.25, -0.2) is 4.98 Å². The van der Waals surface area contributed by atoms with Gasteiger partial charge in [-0.15, -0.1) is 0 Å². The number of fused-ring (bicyclic) bond motifs is 1. The van der Waals surface area contributed by atoms with Gasteiger partial charge in [-0.1, -0.05) is 37.3 Å². The van der Waals surface area contributed by atoms with E-state index in [4.69, 9.17) is 0 Å². The number of hydrogen-bond donors (Lipinski definition) is 2. The third-order valence-electron chi connectivity index (χ3n) is 2.89. The number of anilines is 1. The Kier molecular flexibility index (Phi) is 3.10. The van der Waals surface area contributed by atoms with E-state index in [1.54, 1.807) is 6.20 Å². The van der Waals surface area contributed by atoms with Crippen LogP contribution in [0.1, 0.15) is 13.3 Å². The molecule has 2 aromatic heterocycles. The molecular weight excluding hydrogens is 238 g/mol. The van der Waals surface area contributed by atoms with Crippen molar-refractivity contribution in [2.75, 3.05) is 11.9 Å². The van der Waals surface area contributed by atoms with Crippen molar-refractivity contribution in [3.05, 3.63) is 36.5 Å². The van der Waals surface area contributed by atoms with Crippen molar-refractivity contribution in [1.82, 2.24) is 20.2 Å². The number of nitrogens with zero attached hydrogens (tertiary/aromatic N) is 3. The van der Waals surface area contributed by atoms with Gasteiger partial charge in [-0.2, -0.15) is 10.1 Å². The summed E-state index contributed by atoms with van der Waals surface area (Å²) < 4.78 is 0. The third kappa shape index (κ3) is 2.27. The molecule has 0 aliphatic heterocycles. The lowest BCUT2D eigenvalue weighted by Gasteiger charge is -2.07. The molecule has 0 amide bonds. The first kappa shape index (κ1) is 11.6. The smallest absolute Gasteiger partial charge is 0.225 e. The molecule has 19 heavy (non-hydrogen) atoms. The highest BCUT2D eigenvalue weighted by atomic mass is 15.2. The van der Waals surface area contributed by atoms with Crippen molar-refractivity contribution in [1.29, 1.82) is 0 Å². The molecule has 0 saturated carbocycles. The highest BCUT2D eigenvalue weighted by Gasteiger charge is 2.10. The molecule has 0 bridgehead atoms. The number of H-pyrrole nitrogens is 1. The van der Waals surface area contributed by atoms with Gasteiger partial charge in [-0.3, -0.25) is 5.10 Å². The maximum Gasteiger partial charge on any atom is 0.225 e. The summed E-state index contributed by atoms with van der Waals surface area (Å²) in [5.41, 5.74) is 2.72. The minimum Gasteiger partial charge on any atom is -0.354 e. The highest BCUT2D eigenvalue weighted by Crippen LogP contribution is 2.25. The van der Waals surface area contributed by atoms with Crippen LogP contribution >= 0.6 is 0 Å². The van der Waals surface area contributed by atoms with E-state index < -0.39 is 0 Å². The molecular formula is C14H15N5. The second kappa shape index (κ2) is 5.06. The number of rotatable bonds is 4. The number of aromatic amines is 1. The summed E-state index contributed by atoms with van der Waals surface area (Å²) in [7, 11) is 0. The molecule has 0 atom stereocenters. The second-order valence-corrected chi connectivity index (χ2v) is 4.32. The van der Waals surface area contributed by atoms with Crippen LogP contribution in [0.3, 0.4) is 0 Å². The number of benzene rings is 1. The monoisotopic (exact) mass is 253 g/mol. The molecule has 0 saturated heterocycles. The largest absolute Gasteiger partial charge is 0.354 e. The Balaban J connectivity index is 2.13. The molecule has 0 radical (unpaired) electrons. The van der Waals surface area contributed by atoms with Gasteiger partial charge in [-0.05, 0) is 6.42 Å².